The van der Waals surface area contributed by atoms with Gasteiger partial charge >= 0.3 is 7.12 Å². The Morgan fingerprint density at radius 3 is 1.80 bits per heavy atom. The van der Waals surface area contributed by atoms with Crippen molar-refractivity contribution in [3.8, 4) is 5.69 Å². The third-order valence-corrected chi connectivity index (χ3v) is 5.95. The molecule has 4 heteroatoms. The summed E-state index contributed by atoms with van der Waals surface area (Å²) < 4.78 is 2.15. The molecule has 1 aromatic heterocycles. The Kier molecular flexibility index (Phi) is 3.72. The maximum absolute atomic E-state index is 10.2. The summed E-state index contributed by atoms with van der Waals surface area (Å²) in [6.07, 6.45) is 0. The molecular formula is C26H18BNO2. The number of para-hydroxylation sites is 1. The van der Waals surface area contributed by atoms with Crippen molar-refractivity contribution >= 4 is 55.9 Å². The minimum absolute atomic E-state index is 0.490. The van der Waals surface area contributed by atoms with Gasteiger partial charge in [-0.3, -0.25) is 0 Å². The molecule has 6 rings (SSSR count). The fourth-order valence-electron chi connectivity index (χ4n) is 4.56. The van der Waals surface area contributed by atoms with E-state index in [0.29, 0.717) is 5.46 Å². The molecule has 5 aromatic carbocycles. The monoisotopic (exact) mass is 387 g/mol. The van der Waals surface area contributed by atoms with Crippen LogP contribution >= 0.6 is 0 Å². The minimum atomic E-state index is -1.57. The van der Waals surface area contributed by atoms with Crippen LogP contribution in [0.5, 0.6) is 0 Å². The van der Waals surface area contributed by atoms with Crippen LogP contribution in [0.1, 0.15) is 0 Å². The Morgan fingerprint density at radius 2 is 1.10 bits per heavy atom. The lowest BCUT2D eigenvalue weighted by Gasteiger charge is -2.15. The second kappa shape index (κ2) is 6.46. The summed E-state index contributed by atoms with van der Waals surface area (Å²) in [4.78, 5) is 0. The van der Waals surface area contributed by atoms with Gasteiger partial charge in [-0.15, -0.1) is 0 Å². The highest BCUT2D eigenvalue weighted by atomic mass is 16.4. The van der Waals surface area contributed by atoms with Crippen LogP contribution in [0.25, 0.3) is 49.0 Å². The normalized spacial score (nSPS) is 11.7. The predicted molar refractivity (Wildman–Crippen MR) is 126 cm³/mol. The van der Waals surface area contributed by atoms with Crippen LogP contribution in [0.4, 0.5) is 0 Å². The highest BCUT2D eigenvalue weighted by molar-refractivity contribution is 6.60. The van der Waals surface area contributed by atoms with Gasteiger partial charge in [0.25, 0.3) is 0 Å². The van der Waals surface area contributed by atoms with Gasteiger partial charge in [0.2, 0.25) is 0 Å². The molecule has 0 aliphatic rings. The van der Waals surface area contributed by atoms with E-state index in [4.69, 9.17) is 0 Å². The Hall–Kier alpha value is -3.60. The van der Waals surface area contributed by atoms with E-state index in [1.165, 1.54) is 5.39 Å². The Morgan fingerprint density at radius 1 is 0.533 bits per heavy atom. The van der Waals surface area contributed by atoms with Gasteiger partial charge in [0.05, 0.1) is 11.0 Å². The van der Waals surface area contributed by atoms with Crippen molar-refractivity contribution in [1.82, 2.24) is 4.57 Å². The summed E-state index contributed by atoms with van der Waals surface area (Å²) in [6.45, 7) is 0. The van der Waals surface area contributed by atoms with Crippen molar-refractivity contribution in [3.63, 3.8) is 0 Å². The molecule has 6 aromatic rings. The zero-order valence-corrected chi connectivity index (χ0v) is 16.2. The molecule has 0 unspecified atom stereocenters. The maximum atomic E-state index is 10.2. The Balaban J connectivity index is 1.82. The zero-order valence-electron chi connectivity index (χ0n) is 16.2. The van der Waals surface area contributed by atoms with Crippen LogP contribution in [-0.4, -0.2) is 21.7 Å². The van der Waals surface area contributed by atoms with Gasteiger partial charge in [0, 0.05) is 21.9 Å². The molecule has 0 radical (unpaired) electrons. The molecule has 30 heavy (non-hydrogen) atoms. The topological polar surface area (TPSA) is 45.4 Å². The first kappa shape index (κ1) is 17.3. The second-order valence-corrected chi connectivity index (χ2v) is 7.70. The van der Waals surface area contributed by atoms with Gasteiger partial charge in [0.1, 0.15) is 0 Å². The molecule has 3 nitrogen and oxygen atoms in total. The zero-order chi connectivity index (χ0) is 20.2. The van der Waals surface area contributed by atoms with E-state index in [0.717, 1.165) is 43.7 Å². The van der Waals surface area contributed by atoms with E-state index in [1.807, 2.05) is 48.5 Å². The predicted octanol–water partition coefficient (Wildman–Crippen LogP) is 4.77. The number of rotatable bonds is 2. The van der Waals surface area contributed by atoms with E-state index in [-0.39, 0.29) is 0 Å². The first-order valence-electron chi connectivity index (χ1n) is 10.0. The highest BCUT2D eigenvalue weighted by Crippen LogP contribution is 2.35. The molecule has 142 valence electrons. The van der Waals surface area contributed by atoms with Gasteiger partial charge in [-0.2, -0.15) is 0 Å². The van der Waals surface area contributed by atoms with Crippen LogP contribution in [0.3, 0.4) is 0 Å². The minimum Gasteiger partial charge on any atom is -0.423 e. The number of benzene rings is 5. The fourth-order valence-corrected chi connectivity index (χ4v) is 4.56. The molecule has 0 amide bonds. The van der Waals surface area contributed by atoms with Gasteiger partial charge in [-0.1, -0.05) is 72.8 Å². The molecule has 0 saturated heterocycles. The second-order valence-electron chi connectivity index (χ2n) is 7.70. The number of fused-ring (bicyclic) bond motifs is 5. The number of hydrogen-bond donors (Lipinski definition) is 2. The largest absolute Gasteiger partial charge is 0.490 e. The summed E-state index contributed by atoms with van der Waals surface area (Å²) in [6, 6.07) is 32.9. The molecule has 0 bridgehead atoms. The van der Waals surface area contributed by atoms with Crippen molar-refractivity contribution < 1.29 is 10.0 Å². The summed E-state index contributed by atoms with van der Waals surface area (Å²) >= 11 is 0. The molecule has 1 heterocycles. The third-order valence-electron chi connectivity index (χ3n) is 5.95. The standard InChI is InChI=1S/C26H18BNO2/c29-27(30)23-14-18-8-2-4-10-20(18)16-26(23)28-24-12-6-5-11-21(24)22-13-17-7-1-3-9-19(17)15-25(22)28/h1-16,29-30H. The van der Waals surface area contributed by atoms with Crippen molar-refractivity contribution in [2.75, 3.05) is 0 Å². The third kappa shape index (κ3) is 2.48. The SMILES string of the molecule is OB(O)c1cc2ccccc2cc1-n1c2ccccc2c2cc3ccccc3cc21. The lowest BCUT2D eigenvalue weighted by molar-refractivity contribution is 0.425. The summed E-state index contributed by atoms with van der Waals surface area (Å²) in [5.41, 5.74) is 3.36. The Labute approximate surface area is 173 Å². The lowest BCUT2D eigenvalue weighted by Crippen LogP contribution is -2.33. The first-order chi connectivity index (χ1) is 14.7. The molecular weight excluding hydrogens is 369 g/mol. The quantitative estimate of drug-likeness (QED) is 0.421. The molecule has 0 saturated carbocycles. The van der Waals surface area contributed by atoms with Crippen molar-refractivity contribution in [1.29, 1.82) is 0 Å². The number of aromatic nitrogens is 1. The summed E-state index contributed by atoms with van der Waals surface area (Å²) in [7, 11) is -1.57. The Bertz CT molecular complexity index is 1580. The van der Waals surface area contributed by atoms with Crippen LogP contribution < -0.4 is 5.46 Å². The molecule has 0 aliphatic carbocycles. The van der Waals surface area contributed by atoms with E-state index in [1.54, 1.807) is 0 Å². The van der Waals surface area contributed by atoms with Crippen molar-refractivity contribution in [2.45, 2.75) is 0 Å². The van der Waals surface area contributed by atoms with Crippen LogP contribution in [0, 0.1) is 0 Å². The fraction of sp³-hybridized carbons (Fsp3) is 0. The van der Waals surface area contributed by atoms with Crippen LogP contribution in [0.2, 0.25) is 0 Å². The van der Waals surface area contributed by atoms with E-state index >= 15 is 0 Å². The highest BCUT2D eigenvalue weighted by Gasteiger charge is 2.21. The first-order valence-corrected chi connectivity index (χ1v) is 10.0. The van der Waals surface area contributed by atoms with E-state index in [2.05, 4.69) is 53.1 Å². The van der Waals surface area contributed by atoms with Gasteiger partial charge < -0.3 is 14.6 Å². The van der Waals surface area contributed by atoms with Crippen LogP contribution in [-0.2, 0) is 0 Å². The smallest absolute Gasteiger partial charge is 0.423 e. The molecule has 0 fully saturated rings. The summed E-state index contributed by atoms with van der Waals surface area (Å²) in [5, 5.41) is 27.1. The van der Waals surface area contributed by atoms with E-state index < -0.39 is 7.12 Å². The summed E-state index contributed by atoms with van der Waals surface area (Å²) in [5.74, 6) is 0. The van der Waals surface area contributed by atoms with Crippen LogP contribution in [0.15, 0.2) is 97.1 Å². The number of nitrogens with zero attached hydrogens (tertiary/aromatic N) is 1. The molecule has 0 atom stereocenters. The van der Waals surface area contributed by atoms with E-state index in [9.17, 15) is 10.0 Å². The maximum Gasteiger partial charge on any atom is 0.490 e. The van der Waals surface area contributed by atoms with Crippen molar-refractivity contribution in [3.05, 3.63) is 97.1 Å². The number of hydrogen-bond acceptors (Lipinski definition) is 2. The van der Waals surface area contributed by atoms with Gasteiger partial charge in [-0.25, -0.2) is 0 Å². The van der Waals surface area contributed by atoms with Crippen molar-refractivity contribution in [2.24, 2.45) is 0 Å². The molecule has 0 spiro atoms. The van der Waals surface area contributed by atoms with Gasteiger partial charge in [-0.05, 0) is 45.8 Å². The molecule has 0 aliphatic heterocycles. The molecule has 2 N–H and O–H groups in total. The average Bonchev–Trinajstić information content (AvgIpc) is 3.09. The van der Waals surface area contributed by atoms with Gasteiger partial charge in [0.15, 0.2) is 0 Å². The average molecular weight is 387 g/mol. The lowest BCUT2D eigenvalue weighted by atomic mass is 9.77.